The van der Waals surface area contributed by atoms with Crippen LogP contribution in [-0.4, -0.2) is 43.6 Å². The molecule has 0 saturated carbocycles. The van der Waals surface area contributed by atoms with E-state index in [2.05, 4.69) is 21.8 Å². The molecule has 0 radical (unpaired) electrons. The van der Waals surface area contributed by atoms with E-state index in [1.807, 2.05) is 28.9 Å². The number of rotatable bonds is 4. The lowest BCUT2D eigenvalue weighted by atomic mass is 10.1. The number of pyridine rings is 2. The van der Waals surface area contributed by atoms with Gasteiger partial charge in [-0.15, -0.1) is 0 Å². The Morgan fingerprint density at radius 1 is 1.09 bits per heavy atom. The molecule has 1 amide bonds. The summed E-state index contributed by atoms with van der Waals surface area (Å²) >= 11 is 6.55. The number of hydrogen-bond donors (Lipinski definition) is 0. The first kappa shape index (κ1) is 21.0. The first-order chi connectivity index (χ1) is 16.1. The second-order valence-electron chi connectivity index (χ2n) is 7.69. The molecular formula is C25H20ClN5O2. The number of aromatic nitrogens is 4. The molecule has 7 nitrogen and oxygen atoms in total. The summed E-state index contributed by atoms with van der Waals surface area (Å²) in [4.78, 5) is 22.3. The van der Waals surface area contributed by atoms with Gasteiger partial charge in [-0.3, -0.25) is 19.4 Å². The minimum Gasteiger partial charge on any atom is -0.457 e. The molecule has 1 fully saturated rings. The average molecular weight is 458 g/mol. The molecule has 0 aliphatic carbocycles. The first-order valence-electron chi connectivity index (χ1n) is 10.6. The molecule has 1 atom stereocenters. The second kappa shape index (κ2) is 8.93. The van der Waals surface area contributed by atoms with Crippen molar-refractivity contribution < 1.29 is 9.53 Å². The van der Waals surface area contributed by atoms with Crippen LogP contribution in [0.25, 0.3) is 22.2 Å². The van der Waals surface area contributed by atoms with Crippen molar-refractivity contribution in [2.45, 2.75) is 19.4 Å². The van der Waals surface area contributed by atoms with Gasteiger partial charge in [0.1, 0.15) is 17.2 Å². The zero-order chi connectivity index (χ0) is 22.8. The molecule has 164 valence electrons. The number of carbonyl (C=O) groups is 1. The fraction of sp³-hybridized carbons (Fsp3) is 0.200. The molecule has 0 N–H and O–H groups in total. The van der Waals surface area contributed by atoms with Crippen molar-refractivity contribution >= 4 is 28.4 Å². The van der Waals surface area contributed by atoms with Gasteiger partial charge >= 0.3 is 0 Å². The highest BCUT2D eigenvalue weighted by Gasteiger charge is 2.30. The van der Waals surface area contributed by atoms with Crippen molar-refractivity contribution in [1.82, 2.24) is 24.6 Å². The summed E-state index contributed by atoms with van der Waals surface area (Å²) < 4.78 is 7.80. The monoisotopic (exact) mass is 457 g/mol. The zero-order valence-corrected chi connectivity index (χ0v) is 18.7. The van der Waals surface area contributed by atoms with Crippen molar-refractivity contribution in [3.8, 4) is 34.6 Å². The molecule has 0 bridgehead atoms. The van der Waals surface area contributed by atoms with Gasteiger partial charge < -0.3 is 9.64 Å². The Bertz CT molecular complexity index is 1370. The van der Waals surface area contributed by atoms with E-state index in [1.54, 1.807) is 48.7 Å². The highest BCUT2D eigenvalue weighted by atomic mass is 35.5. The number of benzene rings is 1. The fourth-order valence-electron chi connectivity index (χ4n) is 4.06. The van der Waals surface area contributed by atoms with Gasteiger partial charge in [0.2, 0.25) is 0 Å². The van der Waals surface area contributed by atoms with Gasteiger partial charge in [-0.2, -0.15) is 5.10 Å². The number of amides is 1. The van der Waals surface area contributed by atoms with Crippen LogP contribution in [0.5, 0.6) is 11.5 Å². The summed E-state index contributed by atoms with van der Waals surface area (Å²) in [5.74, 6) is 6.57. The molecular weight excluding hydrogens is 438 g/mol. The summed E-state index contributed by atoms with van der Waals surface area (Å²) in [6, 6.07) is 11.3. The molecule has 4 aromatic rings. The summed E-state index contributed by atoms with van der Waals surface area (Å²) in [5.41, 5.74) is 2.53. The number of halogens is 1. The number of likely N-dealkylation sites (tertiary alicyclic amines) is 1. The van der Waals surface area contributed by atoms with E-state index in [0.29, 0.717) is 23.9 Å². The Hall–Kier alpha value is -3.89. The highest BCUT2D eigenvalue weighted by Crippen LogP contribution is 2.36. The summed E-state index contributed by atoms with van der Waals surface area (Å²) in [5, 5.41) is 6.32. The quantitative estimate of drug-likeness (QED) is 0.414. The number of nitrogens with zero attached hydrogens (tertiary/aromatic N) is 5. The topological polar surface area (TPSA) is 73.1 Å². The van der Waals surface area contributed by atoms with E-state index in [4.69, 9.17) is 21.4 Å². The summed E-state index contributed by atoms with van der Waals surface area (Å²) in [7, 11) is 0. The van der Waals surface area contributed by atoms with Crippen LogP contribution in [0, 0.1) is 11.8 Å². The highest BCUT2D eigenvalue weighted by molar-refractivity contribution is 6.35. The van der Waals surface area contributed by atoms with Gasteiger partial charge in [-0.05, 0) is 55.7 Å². The second-order valence-corrected chi connectivity index (χ2v) is 8.10. The predicted octanol–water partition coefficient (Wildman–Crippen LogP) is 4.74. The van der Waals surface area contributed by atoms with Crippen molar-refractivity contribution in [3.05, 3.63) is 66.2 Å². The van der Waals surface area contributed by atoms with E-state index in [1.165, 1.54) is 0 Å². The van der Waals surface area contributed by atoms with Crippen LogP contribution in [-0.2, 0) is 4.79 Å². The van der Waals surface area contributed by atoms with Crippen LogP contribution in [0.15, 0.2) is 61.2 Å². The maximum absolute atomic E-state index is 12.2. The largest absolute Gasteiger partial charge is 0.457 e. The third-order valence-electron chi connectivity index (χ3n) is 5.61. The van der Waals surface area contributed by atoms with Crippen molar-refractivity contribution in [1.29, 1.82) is 0 Å². The Balaban J connectivity index is 1.48. The van der Waals surface area contributed by atoms with Crippen molar-refractivity contribution in [2.75, 3.05) is 13.1 Å². The molecule has 4 heterocycles. The first-order valence-corrected chi connectivity index (χ1v) is 10.9. The normalized spacial score (nSPS) is 15.3. The van der Waals surface area contributed by atoms with Crippen LogP contribution >= 0.6 is 11.6 Å². The van der Waals surface area contributed by atoms with Gasteiger partial charge in [-0.1, -0.05) is 17.5 Å². The number of fused-ring (bicyclic) bond motifs is 1. The van der Waals surface area contributed by atoms with Crippen LogP contribution in [0.3, 0.4) is 0 Å². The molecule has 5 rings (SSSR count). The number of ether oxygens (including phenoxy) is 1. The summed E-state index contributed by atoms with van der Waals surface area (Å²) in [6.07, 6.45) is 7.56. The summed E-state index contributed by atoms with van der Waals surface area (Å²) in [6.45, 7) is 2.85. The predicted molar refractivity (Wildman–Crippen MR) is 126 cm³/mol. The molecule has 1 saturated heterocycles. The smallest absolute Gasteiger partial charge is 0.298 e. The fourth-order valence-corrected chi connectivity index (χ4v) is 4.30. The van der Waals surface area contributed by atoms with E-state index in [-0.39, 0.29) is 11.9 Å². The molecule has 1 aliphatic heterocycles. The lowest BCUT2D eigenvalue weighted by Gasteiger charge is -2.14. The maximum atomic E-state index is 12.2. The Morgan fingerprint density at radius 2 is 1.85 bits per heavy atom. The van der Waals surface area contributed by atoms with Crippen LogP contribution in [0.2, 0.25) is 5.02 Å². The van der Waals surface area contributed by atoms with E-state index >= 15 is 0 Å². The zero-order valence-electron chi connectivity index (χ0n) is 17.9. The Kier molecular flexibility index (Phi) is 5.68. The standard InChI is InChI=1S/C25H20ClN5O2/c1-2-3-23(32)30-13-10-18(16-30)31-25-21(14-28-15-22(25)26)24(29-31)17-4-6-19(7-5-17)33-20-8-11-27-12-9-20/h4-9,11-12,14-15,18H,10,13,16H2,1H3/t18-/m0/s1. The lowest BCUT2D eigenvalue weighted by Crippen LogP contribution is -2.27. The molecule has 8 heteroatoms. The number of hydrogen-bond acceptors (Lipinski definition) is 5. The molecule has 3 aromatic heterocycles. The van der Waals surface area contributed by atoms with Crippen molar-refractivity contribution in [3.63, 3.8) is 0 Å². The van der Waals surface area contributed by atoms with Crippen molar-refractivity contribution in [2.24, 2.45) is 0 Å². The molecule has 1 aliphatic rings. The van der Waals surface area contributed by atoms with E-state index < -0.39 is 0 Å². The minimum atomic E-state index is -0.158. The number of carbonyl (C=O) groups excluding carboxylic acids is 1. The van der Waals surface area contributed by atoms with Crippen LogP contribution in [0.1, 0.15) is 19.4 Å². The SMILES string of the molecule is CC#CC(=O)N1CC[C@H](n2nc(-c3ccc(Oc4ccncc4)cc3)c3cncc(Cl)c32)C1. The third-order valence-corrected chi connectivity index (χ3v) is 5.88. The van der Waals surface area contributed by atoms with Gasteiger partial charge in [-0.25, -0.2) is 0 Å². The maximum Gasteiger partial charge on any atom is 0.298 e. The van der Waals surface area contributed by atoms with Gasteiger partial charge in [0, 0.05) is 48.8 Å². The Labute approximate surface area is 196 Å². The van der Waals surface area contributed by atoms with Gasteiger partial charge in [0.15, 0.2) is 0 Å². The molecule has 33 heavy (non-hydrogen) atoms. The molecule has 0 spiro atoms. The minimum absolute atomic E-state index is 0.0121. The van der Waals surface area contributed by atoms with Gasteiger partial charge in [0.05, 0.1) is 16.6 Å². The third kappa shape index (κ3) is 4.13. The van der Waals surface area contributed by atoms with E-state index in [9.17, 15) is 4.79 Å². The van der Waals surface area contributed by atoms with Crippen LogP contribution in [0.4, 0.5) is 0 Å². The van der Waals surface area contributed by atoms with Gasteiger partial charge in [0.25, 0.3) is 5.91 Å². The Morgan fingerprint density at radius 3 is 2.61 bits per heavy atom. The molecule has 0 unspecified atom stereocenters. The van der Waals surface area contributed by atoms with E-state index in [0.717, 1.165) is 34.3 Å². The lowest BCUT2D eigenvalue weighted by molar-refractivity contribution is -0.124. The van der Waals surface area contributed by atoms with Crippen LogP contribution < -0.4 is 4.74 Å². The molecule has 1 aromatic carbocycles. The average Bonchev–Trinajstić information content (AvgIpc) is 3.47.